The Morgan fingerprint density at radius 2 is 1.33 bits per heavy atom. The largest absolute Gasteiger partial charge is 0.747 e. The summed E-state index contributed by atoms with van der Waals surface area (Å²) in [4.78, 5) is -0.0230. The molecule has 0 spiro atoms. The molecule has 0 amide bonds. The fourth-order valence-corrected chi connectivity index (χ4v) is 2.49. The van der Waals surface area contributed by atoms with Gasteiger partial charge in [-0.2, -0.15) is 10.2 Å². The van der Waals surface area contributed by atoms with Crippen LogP contribution in [0.4, 0.5) is 17.1 Å². The van der Waals surface area contributed by atoms with Gasteiger partial charge in [-0.15, -0.1) is 0 Å². The molecule has 0 saturated carbocycles. The number of nitrogens with one attached hydrogen (secondary N) is 1. The van der Waals surface area contributed by atoms with Gasteiger partial charge in [-0.05, 0) is 48.5 Å². The second kappa shape index (κ2) is 7.05. The topological polar surface area (TPSA) is 154 Å². The van der Waals surface area contributed by atoms with Crippen LogP contribution in [0.15, 0.2) is 63.7 Å². The average molecular weight is 369 g/mol. The first-order valence-corrected chi connectivity index (χ1v) is 9.58. The summed E-state index contributed by atoms with van der Waals surface area (Å²) in [6.45, 7) is 0. The summed E-state index contributed by atoms with van der Waals surface area (Å²) in [7, 11) is -8.10. The predicted molar refractivity (Wildman–Crippen MR) is 86.6 cm³/mol. The number of primary sulfonamides is 1. The summed E-state index contributed by atoms with van der Waals surface area (Å²) >= 11 is 0. The molecule has 0 radical (unpaired) electrons. The van der Waals surface area contributed by atoms with Gasteiger partial charge >= 0.3 is 0 Å². The third kappa shape index (κ3) is 5.70. The maximum Gasteiger partial charge on any atom is 0.238 e. The molecule has 9 nitrogen and oxygen atoms in total. The van der Waals surface area contributed by atoms with E-state index in [4.69, 9.17) is 5.14 Å². The van der Waals surface area contributed by atoms with Crippen molar-refractivity contribution in [2.45, 2.75) is 4.90 Å². The lowest BCUT2D eigenvalue weighted by Gasteiger charge is -2.09. The van der Waals surface area contributed by atoms with Crippen LogP contribution in [0.25, 0.3) is 0 Å². The fraction of sp³-hybridized carbons (Fsp3) is 0.0769. The van der Waals surface area contributed by atoms with Gasteiger partial charge in [-0.3, -0.25) is 0 Å². The van der Waals surface area contributed by atoms with Crippen molar-refractivity contribution in [3.63, 3.8) is 0 Å². The summed E-state index contributed by atoms with van der Waals surface area (Å²) in [6.07, 6.45) is 0. The molecule has 128 valence electrons. The first-order chi connectivity index (χ1) is 11.1. The van der Waals surface area contributed by atoms with Crippen LogP contribution in [0.5, 0.6) is 0 Å². The van der Waals surface area contributed by atoms with E-state index in [0.717, 1.165) is 0 Å². The molecule has 0 saturated heterocycles. The van der Waals surface area contributed by atoms with Gasteiger partial charge in [0, 0.05) is 5.69 Å². The second-order valence-electron chi connectivity index (χ2n) is 4.66. The Hall–Kier alpha value is -2.34. The maximum atomic E-state index is 11.1. The van der Waals surface area contributed by atoms with Crippen molar-refractivity contribution in [1.29, 1.82) is 0 Å². The van der Waals surface area contributed by atoms with E-state index < -0.39 is 26.0 Å². The molecule has 0 unspecified atom stereocenters. The highest BCUT2D eigenvalue weighted by Gasteiger charge is 2.06. The first-order valence-electron chi connectivity index (χ1n) is 6.46. The van der Waals surface area contributed by atoms with Crippen LogP contribution in [0, 0.1) is 0 Å². The molecule has 0 heterocycles. The number of benzene rings is 2. The molecule has 24 heavy (non-hydrogen) atoms. The molecule has 0 aromatic heterocycles. The summed E-state index contributed by atoms with van der Waals surface area (Å²) in [5, 5.41) is 15.3. The first kappa shape index (κ1) is 18.0. The van der Waals surface area contributed by atoms with Crippen molar-refractivity contribution in [1.82, 2.24) is 0 Å². The van der Waals surface area contributed by atoms with Crippen molar-refractivity contribution in [2.24, 2.45) is 15.4 Å². The number of rotatable bonds is 6. The number of nitrogens with zero attached hydrogens (tertiary/aromatic N) is 2. The number of hydrogen-bond acceptors (Lipinski definition) is 8. The van der Waals surface area contributed by atoms with Gasteiger partial charge in [0.25, 0.3) is 0 Å². The van der Waals surface area contributed by atoms with Crippen molar-refractivity contribution in [3.05, 3.63) is 48.5 Å². The van der Waals surface area contributed by atoms with E-state index in [9.17, 15) is 21.4 Å². The molecule has 0 aliphatic heterocycles. The van der Waals surface area contributed by atoms with Gasteiger partial charge in [-0.1, -0.05) is 0 Å². The van der Waals surface area contributed by atoms with E-state index in [0.29, 0.717) is 17.1 Å². The highest BCUT2D eigenvalue weighted by Crippen LogP contribution is 2.21. The summed E-state index contributed by atoms with van der Waals surface area (Å²) in [5.41, 5.74) is 1.37. The molecule has 0 fully saturated rings. The molecule has 0 atom stereocenters. The zero-order chi connectivity index (χ0) is 17.8. The lowest BCUT2D eigenvalue weighted by atomic mass is 10.3. The number of nitrogens with two attached hydrogens (primary N) is 1. The van der Waals surface area contributed by atoms with Crippen molar-refractivity contribution in [2.75, 3.05) is 11.2 Å². The Bertz CT molecular complexity index is 937. The highest BCUT2D eigenvalue weighted by atomic mass is 32.2. The van der Waals surface area contributed by atoms with Crippen LogP contribution in [0.1, 0.15) is 0 Å². The van der Waals surface area contributed by atoms with Crippen LogP contribution in [-0.2, 0) is 20.1 Å². The smallest absolute Gasteiger partial charge is 0.238 e. The van der Waals surface area contributed by atoms with Gasteiger partial charge in [-0.25, -0.2) is 22.0 Å². The SMILES string of the molecule is NS(=O)(=O)c1ccc(N=Nc2ccc(NCS(=O)(=O)[O-])cc2)cc1. The minimum absolute atomic E-state index is 0.0230. The fourth-order valence-electron chi connectivity index (χ4n) is 1.64. The Morgan fingerprint density at radius 3 is 1.75 bits per heavy atom. The normalized spacial score (nSPS) is 12.4. The van der Waals surface area contributed by atoms with Gasteiger partial charge in [0.15, 0.2) is 0 Å². The minimum Gasteiger partial charge on any atom is -0.747 e. The van der Waals surface area contributed by atoms with Gasteiger partial charge in [0.1, 0.15) is 16.0 Å². The molecule has 11 heteroatoms. The number of sulfonamides is 1. The standard InChI is InChI=1S/C13H14N4O5S2/c14-24(21,22)13-7-5-12(6-8-13)17-16-11-3-1-10(2-4-11)15-9-23(18,19)20/h1-8,15H,9H2,(H2,14,21,22)(H,18,19,20)/p-1. The molecule has 2 aromatic rings. The van der Waals surface area contributed by atoms with Crippen LogP contribution in [-0.4, -0.2) is 27.3 Å². The zero-order valence-electron chi connectivity index (χ0n) is 12.2. The van der Waals surface area contributed by atoms with E-state index >= 15 is 0 Å². The van der Waals surface area contributed by atoms with Gasteiger partial charge < -0.3 is 9.87 Å². The summed E-state index contributed by atoms with van der Waals surface area (Å²) in [6, 6.07) is 11.8. The lowest BCUT2D eigenvalue weighted by Crippen LogP contribution is -2.12. The van der Waals surface area contributed by atoms with E-state index in [1.165, 1.54) is 24.3 Å². The zero-order valence-corrected chi connectivity index (χ0v) is 13.8. The Kier molecular flexibility index (Phi) is 5.29. The number of azo groups is 1. The molecule has 2 rings (SSSR count). The minimum atomic E-state index is -4.35. The monoisotopic (exact) mass is 369 g/mol. The third-order valence-electron chi connectivity index (χ3n) is 2.77. The quantitative estimate of drug-likeness (QED) is 0.583. The lowest BCUT2D eigenvalue weighted by molar-refractivity contribution is 0.465. The van der Waals surface area contributed by atoms with E-state index in [1.54, 1.807) is 24.3 Å². The summed E-state index contributed by atoms with van der Waals surface area (Å²) < 4.78 is 53.8. The van der Waals surface area contributed by atoms with Gasteiger partial charge in [0.2, 0.25) is 10.0 Å². The third-order valence-corrected chi connectivity index (χ3v) is 4.19. The maximum absolute atomic E-state index is 11.1. The van der Waals surface area contributed by atoms with Crippen LogP contribution in [0.2, 0.25) is 0 Å². The second-order valence-corrected chi connectivity index (χ2v) is 7.63. The molecule has 0 aliphatic carbocycles. The number of hydrogen-bond donors (Lipinski definition) is 2. The van der Waals surface area contributed by atoms with Crippen molar-refractivity contribution >= 4 is 37.2 Å². The summed E-state index contributed by atoms with van der Waals surface area (Å²) in [5.74, 6) is -0.704. The molecule has 3 N–H and O–H groups in total. The van der Waals surface area contributed by atoms with Crippen LogP contribution in [0.3, 0.4) is 0 Å². The molecule has 0 bridgehead atoms. The Balaban J connectivity index is 2.04. The van der Waals surface area contributed by atoms with E-state index in [1.807, 2.05) is 0 Å². The van der Waals surface area contributed by atoms with Gasteiger partial charge in [0.05, 0.1) is 16.3 Å². The Labute approximate surface area is 139 Å². The molecule has 2 aromatic carbocycles. The van der Waals surface area contributed by atoms with E-state index in [2.05, 4.69) is 15.5 Å². The molecular formula is C13H13N4O5S2-. The van der Waals surface area contributed by atoms with Crippen molar-refractivity contribution in [3.8, 4) is 0 Å². The highest BCUT2D eigenvalue weighted by molar-refractivity contribution is 7.89. The van der Waals surface area contributed by atoms with Crippen LogP contribution < -0.4 is 10.5 Å². The number of anilines is 1. The molecule has 0 aliphatic rings. The average Bonchev–Trinajstić information content (AvgIpc) is 2.51. The van der Waals surface area contributed by atoms with Crippen LogP contribution >= 0.6 is 0 Å². The Morgan fingerprint density at radius 1 is 0.875 bits per heavy atom. The van der Waals surface area contributed by atoms with Crippen molar-refractivity contribution < 1.29 is 21.4 Å². The predicted octanol–water partition coefficient (Wildman–Crippen LogP) is 1.66. The molecular weight excluding hydrogens is 356 g/mol. The van der Waals surface area contributed by atoms with E-state index in [-0.39, 0.29) is 4.90 Å².